The number of likely N-dealkylation sites (tertiary alicyclic amines) is 1. The maximum Gasteiger partial charge on any atom is 0.252 e. The Bertz CT molecular complexity index is 1170. The first kappa shape index (κ1) is 23.0. The van der Waals surface area contributed by atoms with Crippen LogP contribution < -0.4 is 0 Å². The molecule has 1 unspecified atom stereocenters. The Morgan fingerprint density at radius 2 is 2.18 bits per heavy atom. The van der Waals surface area contributed by atoms with Crippen LogP contribution in [0.1, 0.15) is 43.2 Å². The summed E-state index contributed by atoms with van der Waals surface area (Å²) in [5.74, 6) is 0.276. The van der Waals surface area contributed by atoms with Gasteiger partial charge in [-0.1, -0.05) is 17.7 Å². The molecule has 1 aromatic carbocycles. The molecule has 178 valence electrons. The van der Waals surface area contributed by atoms with Crippen LogP contribution in [0.25, 0.3) is 21.5 Å². The average Bonchev–Trinajstić information content (AvgIpc) is 3.61. The Kier molecular flexibility index (Phi) is 6.92. The summed E-state index contributed by atoms with van der Waals surface area (Å²) in [6, 6.07) is 12.6. The molecule has 2 aliphatic rings. The molecule has 34 heavy (non-hydrogen) atoms. The van der Waals surface area contributed by atoms with Gasteiger partial charge in [-0.25, -0.2) is 4.98 Å². The van der Waals surface area contributed by atoms with Crippen molar-refractivity contribution in [2.45, 2.75) is 51.7 Å². The number of fused-ring (bicyclic) bond motifs is 1. The molecule has 0 spiro atoms. The summed E-state index contributed by atoms with van der Waals surface area (Å²) in [6.07, 6.45) is 3.67. The molecule has 0 radical (unpaired) electrons. The van der Waals surface area contributed by atoms with Crippen LogP contribution in [0.5, 0.6) is 0 Å². The highest BCUT2D eigenvalue weighted by molar-refractivity contribution is 7.13. The zero-order chi connectivity index (χ0) is 23.5. The zero-order valence-corrected chi connectivity index (χ0v) is 20.5. The van der Waals surface area contributed by atoms with E-state index >= 15 is 0 Å². The number of pyridine rings is 1. The summed E-state index contributed by atoms with van der Waals surface area (Å²) in [6.45, 7) is 5.33. The number of thiophene rings is 1. The van der Waals surface area contributed by atoms with Gasteiger partial charge in [0.2, 0.25) is 5.91 Å². The van der Waals surface area contributed by atoms with E-state index in [0.29, 0.717) is 32.7 Å². The maximum absolute atomic E-state index is 13.5. The molecule has 0 N–H and O–H groups in total. The van der Waals surface area contributed by atoms with E-state index in [0.717, 1.165) is 59.3 Å². The first-order chi connectivity index (χ1) is 16.6. The lowest BCUT2D eigenvalue weighted by Crippen LogP contribution is -2.40. The fourth-order valence-electron chi connectivity index (χ4n) is 4.93. The van der Waals surface area contributed by atoms with Crippen LogP contribution in [-0.4, -0.2) is 58.9 Å². The topological polar surface area (TPSA) is 62.7 Å². The molecule has 7 heteroatoms. The van der Waals surface area contributed by atoms with E-state index in [2.05, 4.69) is 42.6 Å². The van der Waals surface area contributed by atoms with Gasteiger partial charge in [-0.05, 0) is 67.8 Å². The van der Waals surface area contributed by atoms with Crippen molar-refractivity contribution in [3.05, 3.63) is 52.9 Å². The second-order valence-electron chi connectivity index (χ2n) is 9.27. The van der Waals surface area contributed by atoms with Crippen LogP contribution >= 0.6 is 11.3 Å². The van der Waals surface area contributed by atoms with Crippen molar-refractivity contribution in [2.24, 2.45) is 0 Å². The molecule has 3 aromatic rings. The summed E-state index contributed by atoms with van der Waals surface area (Å²) in [5, 5.41) is 3.14. The summed E-state index contributed by atoms with van der Waals surface area (Å²) in [7, 11) is 0. The molecule has 2 saturated heterocycles. The highest BCUT2D eigenvalue weighted by Gasteiger charge is 2.29. The van der Waals surface area contributed by atoms with Gasteiger partial charge in [0.05, 0.1) is 16.1 Å². The second-order valence-corrected chi connectivity index (χ2v) is 10.2. The number of hydrogen-bond donors (Lipinski definition) is 0. The summed E-state index contributed by atoms with van der Waals surface area (Å²) in [5.41, 5.74) is 4.13. The number of aromatic nitrogens is 1. The van der Waals surface area contributed by atoms with E-state index in [-0.39, 0.29) is 17.9 Å². The maximum atomic E-state index is 13.5. The van der Waals surface area contributed by atoms with Crippen molar-refractivity contribution in [3.63, 3.8) is 0 Å². The Morgan fingerprint density at radius 3 is 2.91 bits per heavy atom. The lowest BCUT2D eigenvalue weighted by molar-refractivity contribution is -0.141. The van der Waals surface area contributed by atoms with E-state index in [9.17, 15) is 9.59 Å². The van der Waals surface area contributed by atoms with Crippen LogP contribution in [0, 0.1) is 6.92 Å². The van der Waals surface area contributed by atoms with Crippen LogP contribution in [0.2, 0.25) is 0 Å². The van der Waals surface area contributed by atoms with Crippen molar-refractivity contribution in [1.29, 1.82) is 0 Å². The molecule has 4 heterocycles. The Hall–Kier alpha value is -2.77. The molecule has 0 aliphatic carbocycles. The van der Waals surface area contributed by atoms with E-state index < -0.39 is 0 Å². The smallest absolute Gasteiger partial charge is 0.252 e. The summed E-state index contributed by atoms with van der Waals surface area (Å²) in [4.78, 5) is 35.4. The van der Waals surface area contributed by atoms with Gasteiger partial charge in [0.25, 0.3) is 5.91 Å². The molecular weight excluding hydrogens is 446 g/mol. The predicted octanol–water partition coefficient (Wildman–Crippen LogP) is 4.79. The van der Waals surface area contributed by atoms with Gasteiger partial charge in [-0.2, -0.15) is 0 Å². The number of rotatable bonds is 8. The normalized spacial score (nSPS) is 18.2. The quantitative estimate of drug-likeness (QED) is 0.468. The standard InChI is InChI=1S/C27H31N3O3S/c1-19-9-10-22-20(16-19)17-21(26(28-22)24-7-4-15-34-24)18-30(27(32)23-6-3-14-33-23)13-5-12-29-11-2-8-25(29)31/h4,7,9-10,15-17,23H,2-3,5-6,8,11-14,18H2,1H3. The molecule has 0 bridgehead atoms. The molecule has 6 nitrogen and oxygen atoms in total. The fourth-order valence-corrected chi connectivity index (χ4v) is 5.68. The molecule has 1 atom stereocenters. The van der Waals surface area contributed by atoms with Crippen molar-refractivity contribution in [2.75, 3.05) is 26.2 Å². The highest BCUT2D eigenvalue weighted by atomic mass is 32.1. The van der Waals surface area contributed by atoms with Crippen molar-refractivity contribution < 1.29 is 14.3 Å². The third kappa shape index (κ3) is 5.00. The first-order valence-corrected chi connectivity index (χ1v) is 13.1. The number of aryl methyl sites for hydroxylation is 1. The number of amides is 2. The van der Waals surface area contributed by atoms with Gasteiger partial charge in [0.15, 0.2) is 0 Å². The molecule has 0 saturated carbocycles. The number of carbonyl (C=O) groups excluding carboxylic acids is 2. The zero-order valence-electron chi connectivity index (χ0n) is 19.7. The summed E-state index contributed by atoms with van der Waals surface area (Å²) >= 11 is 1.66. The monoisotopic (exact) mass is 477 g/mol. The third-order valence-corrected chi connectivity index (χ3v) is 7.59. The van der Waals surface area contributed by atoms with Crippen LogP contribution in [0.3, 0.4) is 0 Å². The molecule has 2 aromatic heterocycles. The molecule has 2 amide bonds. The number of benzene rings is 1. The Labute approximate surface area is 204 Å². The predicted molar refractivity (Wildman–Crippen MR) is 135 cm³/mol. The van der Waals surface area contributed by atoms with Crippen LogP contribution in [-0.2, 0) is 20.9 Å². The molecular formula is C27H31N3O3S. The average molecular weight is 478 g/mol. The van der Waals surface area contributed by atoms with Crippen molar-refractivity contribution in [3.8, 4) is 10.6 Å². The number of carbonyl (C=O) groups is 2. The van der Waals surface area contributed by atoms with E-state index in [1.54, 1.807) is 11.3 Å². The van der Waals surface area contributed by atoms with Gasteiger partial charge in [-0.15, -0.1) is 11.3 Å². The SMILES string of the molecule is Cc1ccc2nc(-c3cccs3)c(CN(CCCN3CCCC3=O)C(=O)C3CCCO3)cc2c1. The largest absolute Gasteiger partial charge is 0.368 e. The number of hydrogen-bond acceptors (Lipinski definition) is 5. The fraction of sp³-hybridized carbons (Fsp3) is 0.444. The lowest BCUT2D eigenvalue weighted by Gasteiger charge is -2.27. The minimum atomic E-state index is -0.366. The minimum Gasteiger partial charge on any atom is -0.368 e. The van der Waals surface area contributed by atoms with Crippen LogP contribution in [0.4, 0.5) is 0 Å². The third-order valence-electron chi connectivity index (χ3n) is 6.71. The number of nitrogens with zero attached hydrogens (tertiary/aromatic N) is 3. The lowest BCUT2D eigenvalue weighted by atomic mass is 10.0. The Morgan fingerprint density at radius 1 is 1.26 bits per heavy atom. The first-order valence-electron chi connectivity index (χ1n) is 12.2. The second kappa shape index (κ2) is 10.2. The van der Waals surface area contributed by atoms with Gasteiger partial charge in [0.1, 0.15) is 6.10 Å². The van der Waals surface area contributed by atoms with Gasteiger partial charge < -0.3 is 14.5 Å². The molecule has 5 rings (SSSR count). The van der Waals surface area contributed by atoms with Gasteiger partial charge >= 0.3 is 0 Å². The molecule has 2 fully saturated rings. The van der Waals surface area contributed by atoms with E-state index in [4.69, 9.17) is 9.72 Å². The Balaban J connectivity index is 1.43. The van der Waals surface area contributed by atoms with E-state index in [1.807, 2.05) is 15.9 Å². The van der Waals surface area contributed by atoms with Crippen LogP contribution in [0.15, 0.2) is 41.8 Å². The number of ether oxygens (including phenoxy) is 1. The van der Waals surface area contributed by atoms with Gasteiger partial charge in [0, 0.05) is 44.6 Å². The van der Waals surface area contributed by atoms with Crippen molar-refractivity contribution >= 4 is 34.1 Å². The highest BCUT2D eigenvalue weighted by Crippen LogP contribution is 2.31. The molecule has 2 aliphatic heterocycles. The van der Waals surface area contributed by atoms with Crippen molar-refractivity contribution in [1.82, 2.24) is 14.8 Å². The minimum absolute atomic E-state index is 0.0479. The van der Waals surface area contributed by atoms with Gasteiger partial charge in [-0.3, -0.25) is 9.59 Å². The van der Waals surface area contributed by atoms with E-state index in [1.165, 1.54) is 5.56 Å². The summed E-state index contributed by atoms with van der Waals surface area (Å²) < 4.78 is 5.75.